The van der Waals surface area contributed by atoms with Crippen LogP contribution in [0.4, 0.5) is 4.79 Å². The van der Waals surface area contributed by atoms with Gasteiger partial charge >= 0.3 is 6.03 Å². The Bertz CT molecular complexity index is 563. The molecule has 0 radical (unpaired) electrons. The second kappa shape index (κ2) is 8.19. The Hall–Kier alpha value is -1.60. The fraction of sp³-hybridized carbons (Fsp3) is 0.778. The average Bonchev–Trinajstić information content (AvgIpc) is 3.20. The molecule has 7 heteroatoms. The number of morpholine rings is 1. The van der Waals surface area contributed by atoms with E-state index in [1.807, 2.05) is 18.7 Å². The van der Waals surface area contributed by atoms with Gasteiger partial charge in [0.05, 0.1) is 24.9 Å². The number of hydrogen-bond donors (Lipinski definition) is 2. The number of nitrogens with zero attached hydrogens (tertiary/aromatic N) is 3. The first-order chi connectivity index (χ1) is 12.1. The topological polar surface area (TPSA) is 73.5 Å². The van der Waals surface area contributed by atoms with Crippen LogP contribution in [0.1, 0.15) is 42.8 Å². The van der Waals surface area contributed by atoms with Crippen molar-refractivity contribution in [2.24, 2.45) is 5.92 Å². The van der Waals surface area contributed by atoms with Gasteiger partial charge < -0.3 is 15.0 Å². The summed E-state index contributed by atoms with van der Waals surface area (Å²) in [5.41, 5.74) is 3.26. The zero-order chi connectivity index (χ0) is 17.8. The van der Waals surface area contributed by atoms with Gasteiger partial charge in [-0.3, -0.25) is 10.00 Å². The summed E-state index contributed by atoms with van der Waals surface area (Å²) < 4.78 is 5.39. The molecule has 2 aliphatic rings. The summed E-state index contributed by atoms with van der Waals surface area (Å²) >= 11 is 0. The van der Waals surface area contributed by atoms with Crippen molar-refractivity contribution in [3.8, 4) is 0 Å². The third-order valence-electron chi connectivity index (χ3n) is 5.31. The van der Waals surface area contributed by atoms with E-state index in [9.17, 15) is 4.79 Å². The van der Waals surface area contributed by atoms with Crippen LogP contribution < -0.4 is 5.32 Å². The molecule has 0 bridgehead atoms. The van der Waals surface area contributed by atoms with E-state index in [2.05, 4.69) is 27.3 Å². The smallest absolute Gasteiger partial charge is 0.317 e. The second-order valence-corrected chi connectivity index (χ2v) is 7.40. The van der Waals surface area contributed by atoms with Gasteiger partial charge in [-0.1, -0.05) is 6.92 Å². The lowest BCUT2D eigenvalue weighted by molar-refractivity contribution is 0.0318. The van der Waals surface area contributed by atoms with Crippen molar-refractivity contribution in [1.29, 1.82) is 0 Å². The van der Waals surface area contributed by atoms with E-state index in [0.717, 1.165) is 63.6 Å². The molecular formula is C18H31N5O2. The SMILES string of the molecule is Cc1n[nH]c(C)c1[C@@H]1CCCN1C(=O)NC[C@@H](C)CN1CCOCC1. The van der Waals surface area contributed by atoms with E-state index >= 15 is 0 Å². The summed E-state index contributed by atoms with van der Waals surface area (Å²) in [6, 6.07) is 0.199. The lowest BCUT2D eigenvalue weighted by atomic mass is 10.0. The van der Waals surface area contributed by atoms with Gasteiger partial charge in [-0.25, -0.2) is 4.79 Å². The van der Waals surface area contributed by atoms with Crippen LogP contribution in [0.5, 0.6) is 0 Å². The number of amides is 2. The predicted octanol–water partition coefficient (Wildman–Crippen LogP) is 1.84. The minimum absolute atomic E-state index is 0.0522. The van der Waals surface area contributed by atoms with Crippen molar-refractivity contribution >= 4 is 6.03 Å². The van der Waals surface area contributed by atoms with Crippen LogP contribution in [0, 0.1) is 19.8 Å². The highest BCUT2D eigenvalue weighted by Gasteiger charge is 2.33. The standard InChI is InChI=1S/C18H31N5O2/c1-13(12-22-7-9-25-10-8-22)11-19-18(24)23-6-4-5-16(23)17-14(2)20-21-15(17)3/h13,16H,4-12H2,1-3H3,(H,19,24)(H,20,21)/t13-,16+/m1/s1. The Morgan fingerprint density at radius 2 is 2.12 bits per heavy atom. The second-order valence-electron chi connectivity index (χ2n) is 7.40. The number of H-pyrrole nitrogens is 1. The lowest BCUT2D eigenvalue weighted by Crippen LogP contribution is -2.44. The van der Waals surface area contributed by atoms with E-state index in [-0.39, 0.29) is 12.1 Å². The average molecular weight is 349 g/mol. The molecule has 0 spiro atoms. The monoisotopic (exact) mass is 349 g/mol. The zero-order valence-corrected chi connectivity index (χ0v) is 15.7. The van der Waals surface area contributed by atoms with Crippen molar-refractivity contribution in [2.75, 3.05) is 45.9 Å². The number of hydrogen-bond acceptors (Lipinski definition) is 4. The molecule has 25 heavy (non-hydrogen) atoms. The van der Waals surface area contributed by atoms with E-state index in [0.29, 0.717) is 12.5 Å². The van der Waals surface area contributed by atoms with Gasteiger partial charge in [-0.15, -0.1) is 0 Å². The number of likely N-dealkylation sites (tertiary alicyclic amines) is 1. The zero-order valence-electron chi connectivity index (χ0n) is 15.7. The van der Waals surface area contributed by atoms with Gasteiger partial charge in [0, 0.05) is 44.0 Å². The lowest BCUT2D eigenvalue weighted by Gasteiger charge is -2.30. The summed E-state index contributed by atoms with van der Waals surface area (Å²) in [6.07, 6.45) is 2.06. The number of ether oxygens (including phenoxy) is 1. The molecule has 2 aliphatic heterocycles. The Morgan fingerprint density at radius 1 is 1.36 bits per heavy atom. The first-order valence-electron chi connectivity index (χ1n) is 9.42. The molecule has 0 aromatic carbocycles. The van der Waals surface area contributed by atoms with Crippen molar-refractivity contribution < 1.29 is 9.53 Å². The maximum Gasteiger partial charge on any atom is 0.317 e. The van der Waals surface area contributed by atoms with Crippen LogP contribution in [0.3, 0.4) is 0 Å². The van der Waals surface area contributed by atoms with E-state index in [1.165, 1.54) is 5.56 Å². The number of carbonyl (C=O) groups excluding carboxylic acids is 1. The third-order valence-corrected chi connectivity index (χ3v) is 5.31. The van der Waals surface area contributed by atoms with Crippen molar-refractivity contribution in [3.05, 3.63) is 17.0 Å². The molecule has 0 unspecified atom stereocenters. The number of aromatic nitrogens is 2. The number of aromatic amines is 1. The normalized spacial score (nSPS) is 23.0. The number of aryl methyl sites for hydroxylation is 2. The highest BCUT2D eigenvalue weighted by atomic mass is 16.5. The third kappa shape index (κ3) is 4.33. The number of urea groups is 1. The molecule has 140 valence electrons. The summed E-state index contributed by atoms with van der Waals surface area (Å²) in [5, 5.41) is 10.5. The Morgan fingerprint density at radius 3 is 2.80 bits per heavy atom. The molecule has 0 saturated carbocycles. The van der Waals surface area contributed by atoms with E-state index < -0.39 is 0 Å². The maximum absolute atomic E-state index is 12.7. The molecule has 1 aromatic rings. The van der Waals surface area contributed by atoms with E-state index in [4.69, 9.17) is 4.74 Å². The molecule has 2 atom stereocenters. The first-order valence-corrected chi connectivity index (χ1v) is 9.42. The summed E-state index contributed by atoms with van der Waals surface area (Å²) in [4.78, 5) is 17.1. The first kappa shape index (κ1) is 18.2. The molecule has 3 rings (SSSR count). The van der Waals surface area contributed by atoms with Crippen LogP contribution in [-0.4, -0.2) is 72.0 Å². The molecular weight excluding hydrogens is 318 g/mol. The van der Waals surface area contributed by atoms with Gasteiger partial charge in [0.15, 0.2) is 0 Å². The fourth-order valence-corrected chi connectivity index (χ4v) is 4.01. The van der Waals surface area contributed by atoms with Gasteiger partial charge in [0.1, 0.15) is 0 Å². The molecule has 1 aromatic heterocycles. The van der Waals surface area contributed by atoms with Crippen molar-refractivity contribution in [2.45, 2.75) is 39.7 Å². The number of carbonyl (C=O) groups is 1. The minimum Gasteiger partial charge on any atom is -0.379 e. The van der Waals surface area contributed by atoms with Crippen LogP contribution in [-0.2, 0) is 4.74 Å². The summed E-state index contributed by atoms with van der Waals surface area (Å²) in [5.74, 6) is 0.431. The predicted molar refractivity (Wildman–Crippen MR) is 96.6 cm³/mol. The molecule has 7 nitrogen and oxygen atoms in total. The molecule has 2 N–H and O–H groups in total. The fourth-order valence-electron chi connectivity index (χ4n) is 4.01. The molecule has 2 fully saturated rings. The largest absolute Gasteiger partial charge is 0.379 e. The van der Waals surface area contributed by atoms with Crippen LogP contribution in [0.25, 0.3) is 0 Å². The highest BCUT2D eigenvalue weighted by Crippen LogP contribution is 2.34. The van der Waals surface area contributed by atoms with Gasteiger partial charge in [-0.2, -0.15) is 5.10 Å². The molecule has 2 saturated heterocycles. The van der Waals surface area contributed by atoms with Crippen molar-refractivity contribution in [1.82, 2.24) is 25.3 Å². The van der Waals surface area contributed by atoms with Gasteiger partial charge in [-0.05, 0) is 32.6 Å². The summed E-state index contributed by atoms with van der Waals surface area (Å²) in [6.45, 7) is 12.4. The Balaban J connectivity index is 1.51. The van der Waals surface area contributed by atoms with Crippen molar-refractivity contribution in [3.63, 3.8) is 0 Å². The summed E-state index contributed by atoms with van der Waals surface area (Å²) in [7, 11) is 0. The molecule has 2 amide bonds. The van der Waals surface area contributed by atoms with Crippen LogP contribution >= 0.6 is 0 Å². The van der Waals surface area contributed by atoms with Gasteiger partial charge in [0.2, 0.25) is 0 Å². The highest BCUT2D eigenvalue weighted by molar-refractivity contribution is 5.75. The Labute approximate surface area is 150 Å². The molecule has 0 aliphatic carbocycles. The minimum atomic E-state index is 0.0522. The Kier molecular flexibility index (Phi) is 5.96. The number of nitrogens with one attached hydrogen (secondary N) is 2. The number of rotatable bonds is 5. The van der Waals surface area contributed by atoms with Gasteiger partial charge in [0.25, 0.3) is 0 Å². The van der Waals surface area contributed by atoms with Crippen LogP contribution in [0.15, 0.2) is 0 Å². The van der Waals surface area contributed by atoms with E-state index in [1.54, 1.807) is 0 Å². The maximum atomic E-state index is 12.7. The van der Waals surface area contributed by atoms with Crippen LogP contribution in [0.2, 0.25) is 0 Å². The quantitative estimate of drug-likeness (QED) is 0.851. The molecule has 3 heterocycles.